The number of halogens is 3. The van der Waals surface area contributed by atoms with Gasteiger partial charge in [-0.05, 0) is 42.7 Å². The van der Waals surface area contributed by atoms with Crippen LogP contribution in [0.25, 0.3) is 0 Å². The van der Waals surface area contributed by atoms with Crippen LogP contribution in [0.2, 0.25) is 0 Å². The van der Waals surface area contributed by atoms with Crippen molar-refractivity contribution in [2.24, 2.45) is 0 Å². The van der Waals surface area contributed by atoms with Gasteiger partial charge in [-0.3, -0.25) is 14.9 Å². The van der Waals surface area contributed by atoms with Crippen molar-refractivity contribution in [2.75, 3.05) is 13.1 Å². The molecule has 0 saturated carbocycles. The normalized spacial score (nSPS) is 22.8. The van der Waals surface area contributed by atoms with Gasteiger partial charge >= 0.3 is 6.09 Å². The molecule has 3 atom stereocenters. The lowest BCUT2D eigenvalue weighted by atomic mass is 9.86. The summed E-state index contributed by atoms with van der Waals surface area (Å²) >= 11 is 0. The van der Waals surface area contributed by atoms with Crippen LogP contribution < -0.4 is 5.32 Å². The first-order chi connectivity index (χ1) is 16.9. The summed E-state index contributed by atoms with van der Waals surface area (Å²) in [5, 5.41) is 19.2. The zero-order valence-corrected chi connectivity index (χ0v) is 18.9. The predicted octanol–water partition coefficient (Wildman–Crippen LogP) is 3.84. The van der Waals surface area contributed by atoms with Crippen molar-refractivity contribution < 1.29 is 23.1 Å². The molecule has 1 aromatic heterocycles. The Bertz CT molecular complexity index is 1200. The minimum Gasteiger partial charge on any atom is -0.465 e. The van der Waals surface area contributed by atoms with E-state index >= 15 is 0 Å². The molecular formula is C25H26F3N5O2. The zero-order chi connectivity index (χ0) is 24.5. The van der Waals surface area contributed by atoms with Gasteiger partial charge in [-0.15, -0.1) is 0 Å². The summed E-state index contributed by atoms with van der Waals surface area (Å²) in [6.07, 6.45) is 1.31. The number of hydrogen-bond donors (Lipinski definition) is 3. The summed E-state index contributed by atoms with van der Waals surface area (Å²) in [5.74, 6) is -1.54. The lowest BCUT2D eigenvalue weighted by molar-refractivity contribution is 0.0320. The third kappa shape index (κ3) is 4.89. The maximum absolute atomic E-state index is 15.0. The van der Waals surface area contributed by atoms with E-state index in [2.05, 4.69) is 20.4 Å². The Kier molecular flexibility index (Phi) is 6.48. The van der Waals surface area contributed by atoms with Gasteiger partial charge in [-0.25, -0.2) is 18.0 Å². The van der Waals surface area contributed by atoms with Crippen LogP contribution in [-0.4, -0.2) is 56.4 Å². The van der Waals surface area contributed by atoms with Gasteiger partial charge in [0.1, 0.15) is 17.5 Å². The molecule has 0 aliphatic carbocycles. The van der Waals surface area contributed by atoms with E-state index in [1.807, 2.05) is 4.90 Å². The number of aromatic nitrogens is 2. The Balaban J connectivity index is 1.47. The first-order valence-electron chi connectivity index (χ1n) is 11.6. The monoisotopic (exact) mass is 485 g/mol. The van der Waals surface area contributed by atoms with Gasteiger partial charge < -0.3 is 10.4 Å². The smallest absolute Gasteiger partial charge is 0.404 e. The van der Waals surface area contributed by atoms with Crippen molar-refractivity contribution in [3.63, 3.8) is 0 Å². The molecule has 1 saturated heterocycles. The summed E-state index contributed by atoms with van der Waals surface area (Å²) in [5.41, 5.74) is 2.71. The minimum atomic E-state index is -1.23. The van der Waals surface area contributed by atoms with E-state index in [-0.39, 0.29) is 17.4 Å². The topological polar surface area (TPSA) is 84.5 Å². The van der Waals surface area contributed by atoms with Gasteiger partial charge in [0.2, 0.25) is 0 Å². The van der Waals surface area contributed by atoms with Crippen LogP contribution in [0.3, 0.4) is 0 Å². The van der Waals surface area contributed by atoms with E-state index in [1.54, 1.807) is 24.4 Å². The van der Waals surface area contributed by atoms with E-state index < -0.39 is 29.8 Å². The Morgan fingerprint density at radius 3 is 2.74 bits per heavy atom. The second-order valence-corrected chi connectivity index (χ2v) is 9.17. The fraction of sp³-hybridized carbons (Fsp3) is 0.360. The highest BCUT2D eigenvalue weighted by molar-refractivity contribution is 5.65. The number of piperidine rings is 1. The van der Waals surface area contributed by atoms with Crippen LogP contribution in [-0.2, 0) is 19.5 Å². The third-order valence-electron chi connectivity index (χ3n) is 7.02. The van der Waals surface area contributed by atoms with Gasteiger partial charge in [0, 0.05) is 43.3 Å². The van der Waals surface area contributed by atoms with Gasteiger partial charge in [0.25, 0.3) is 0 Å². The van der Waals surface area contributed by atoms with E-state index in [0.717, 1.165) is 29.5 Å². The van der Waals surface area contributed by atoms with Crippen LogP contribution in [0.1, 0.15) is 34.8 Å². The van der Waals surface area contributed by atoms with E-state index in [1.165, 1.54) is 6.07 Å². The fourth-order valence-corrected chi connectivity index (χ4v) is 5.39. The average Bonchev–Trinajstić information content (AvgIpc) is 3.42. The molecule has 0 unspecified atom stereocenters. The van der Waals surface area contributed by atoms with Crippen LogP contribution in [0.5, 0.6) is 0 Å². The molecule has 2 aliphatic heterocycles. The Hall–Kier alpha value is -3.37. The second kappa shape index (κ2) is 9.71. The molecule has 1 amide bonds. The van der Waals surface area contributed by atoms with Crippen molar-refractivity contribution in [1.82, 2.24) is 25.3 Å². The molecule has 5 rings (SSSR count). The first kappa shape index (κ1) is 23.4. The maximum atomic E-state index is 15.0. The molecular weight excluding hydrogens is 459 g/mol. The highest BCUT2D eigenvalue weighted by Gasteiger charge is 2.42. The summed E-state index contributed by atoms with van der Waals surface area (Å²) in [4.78, 5) is 15.9. The molecule has 1 fully saturated rings. The standard InChI is InChI=1S/C25H26F3N5O2/c26-17-5-6-21(28)19(9-17)24-22(30-25(34)35)10-18(33-12-16-11-29-31-23(16)14-33)13-32(24)8-7-15-3-1-2-4-20(15)27/h1-6,9,11,18,22,24,30H,7-8,10,12-14H2,(H,29,31)(H,34,35)/t18-,22+,24+/m1/s1. The summed E-state index contributed by atoms with van der Waals surface area (Å²) < 4.78 is 43.5. The molecule has 3 aromatic rings. The number of aromatic amines is 1. The van der Waals surface area contributed by atoms with Crippen LogP contribution in [0, 0.1) is 17.5 Å². The average molecular weight is 486 g/mol. The quantitative estimate of drug-likeness (QED) is 0.494. The van der Waals surface area contributed by atoms with E-state index in [9.17, 15) is 23.1 Å². The summed E-state index contributed by atoms with van der Waals surface area (Å²) in [6, 6.07) is 8.18. The lowest BCUT2D eigenvalue weighted by Crippen LogP contribution is -2.58. The number of rotatable bonds is 6. The lowest BCUT2D eigenvalue weighted by Gasteiger charge is -2.47. The number of fused-ring (bicyclic) bond motifs is 1. The second-order valence-electron chi connectivity index (χ2n) is 9.17. The predicted molar refractivity (Wildman–Crippen MR) is 122 cm³/mol. The fourth-order valence-electron chi connectivity index (χ4n) is 5.39. The van der Waals surface area contributed by atoms with Crippen molar-refractivity contribution in [1.29, 1.82) is 0 Å². The van der Waals surface area contributed by atoms with E-state index in [0.29, 0.717) is 44.6 Å². The van der Waals surface area contributed by atoms with E-state index in [4.69, 9.17) is 0 Å². The summed E-state index contributed by atoms with van der Waals surface area (Å²) in [6.45, 7) is 2.14. The number of nitrogens with zero attached hydrogens (tertiary/aromatic N) is 3. The number of benzene rings is 2. The Morgan fingerprint density at radius 1 is 1.14 bits per heavy atom. The molecule has 35 heavy (non-hydrogen) atoms. The minimum absolute atomic E-state index is 0.0545. The number of carbonyl (C=O) groups is 1. The molecule has 3 heterocycles. The maximum Gasteiger partial charge on any atom is 0.404 e. The van der Waals surface area contributed by atoms with Crippen molar-refractivity contribution in [3.8, 4) is 0 Å². The van der Waals surface area contributed by atoms with Gasteiger partial charge in [-0.2, -0.15) is 5.10 Å². The highest BCUT2D eigenvalue weighted by Crippen LogP contribution is 2.37. The first-order valence-corrected chi connectivity index (χ1v) is 11.6. The molecule has 10 heteroatoms. The highest BCUT2D eigenvalue weighted by atomic mass is 19.1. The molecule has 0 radical (unpaired) electrons. The number of carboxylic acid groups (broad SMARTS) is 1. The SMILES string of the molecule is O=C(O)N[C@H]1C[C@@H](N2Cc3cn[nH]c3C2)CN(CCc2ccccc2F)[C@H]1c1cc(F)ccc1F. The molecule has 0 spiro atoms. The molecule has 184 valence electrons. The molecule has 2 aliphatic rings. The molecule has 2 aromatic carbocycles. The van der Waals surface area contributed by atoms with Crippen LogP contribution >= 0.6 is 0 Å². The number of nitrogens with one attached hydrogen (secondary N) is 2. The summed E-state index contributed by atoms with van der Waals surface area (Å²) in [7, 11) is 0. The molecule has 7 nitrogen and oxygen atoms in total. The number of H-pyrrole nitrogens is 1. The molecule has 3 N–H and O–H groups in total. The molecule has 0 bridgehead atoms. The van der Waals surface area contributed by atoms with Gasteiger partial charge in [0.15, 0.2) is 0 Å². The number of amides is 1. The Labute approximate surface area is 200 Å². The van der Waals surface area contributed by atoms with Gasteiger partial charge in [-0.1, -0.05) is 18.2 Å². The Morgan fingerprint density at radius 2 is 1.97 bits per heavy atom. The van der Waals surface area contributed by atoms with Crippen molar-refractivity contribution in [2.45, 2.75) is 44.1 Å². The van der Waals surface area contributed by atoms with Crippen molar-refractivity contribution in [3.05, 3.63) is 88.5 Å². The van der Waals surface area contributed by atoms with Crippen molar-refractivity contribution >= 4 is 6.09 Å². The third-order valence-corrected chi connectivity index (χ3v) is 7.02. The number of likely N-dealkylation sites (tertiary alicyclic amines) is 1. The number of hydrogen-bond acceptors (Lipinski definition) is 4. The van der Waals surface area contributed by atoms with Crippen LogP contribution in [0.15, 0.2) is 48.7 Å². The zero-order valence-electron chi connectivity index (χ0n) is 18.9. The largest absolute Gasteiger partial charge is 0.465 e. The van der Waals surface area contributed by atoms with Crippen LogP contribution in [0.4, 0.5) is 18.0 Å². The van der Waals surface area contributed by atoms with Gasteiger partial charge in [0.05, 0.1) is 24.0 Å².